The first-order chi connectivity index (χ1) is 16.3. The molecule has 0 fully saturated rings. The van der Waals surface area contributed by atoms with E-state index in [0.29, 0.717) is 11.4 Å². The van der Waals surface area contributed by atoms with Gasteiger partial charge in [0.2, 0.25) is 0 Å². The Bertz CT molecular complexity index is 1310. The number of pyridine rings is 2. The van der Waals surface area contributed by atoms with Crippen molar-refractivity contribution in [3.05, 3.63) is 98.6 Å². The van der Waals surface area contributed by atoms with E-state index in [0.717, 1.165) is 27.4 Å². The first kappa shape index (κ1) is 29.7. The minimum absolute atomic E-state index is 0. The summed E-state index contributed by atoms with van der Waals surface area (Å²) >= 11 is 0. The zero-order valence-electron chi connectivity index (χ0n) is 17.2. The Morgan fingerprint density at radius 2 is 1.24 bits per heavy atom. The van der Waals surface area contributed by atoms with E-state index in [1.165, 1.54) is 0 Å². The Hall–Kier alpha value is -4.30. The van der Waals surface area contributed by atoms with Gasteiger partial charge in [0.05, 0.1) is 28.5 Å². The topological polar surface area (TPSA) is 162 Å². The van der Waals surface area contributed by atoms with E-state index in [2.05, 4.69) is 74.8 Å². The van der Waals surface area contributed by atoms with Gasteiger partial charge < -0.3 is 5.10 Å². The molecule has 0 atom stereocenters. The summed E-state index contributed by atoms with van der Waals surface area (Å²) in [6, 6.07) is 21.1. The Labute approximate surface area is 207 Å². The van der Waals surface area contributed by atoms with Crippen molar-refractivity contribution >= 4 is 21.8 Å². The molecule has 11 heteroatoms. The SMILES string of the molecule is N#Cc1ccc(-c2nn[n-]n2)cc1.[C-]#[O+].[C-]#[O+].[C-]#[O+].[Re].c1cnc2c(c1)ccc1cccnc12. The summed E-state index contributed by atoms with van der Waals surface area (Å²) in [4.78, 5) is 8.69. The summed E-state index contributed by atoms with van der Waals surface area (Å²) in [6.45, 7) is 13.5. The molecule has 0 bridgehead atoms. The van der Waals surface area contributed by atoms with Gasteiger partial charge in [0.25, 0.3) is 0 Å². The van der Waals surface area contributed by atoms with E-state index in [1.807, 2.05) is 18.2 Å². The second-order valence-electron chi connectivity index (χ2n) is 5.61. The third-order valence-corrected chi connectivity index (χ3v) is 3.94. The summed E-state index contributed by atoms with van der Waals surface area (Å²) in [6.07, 6.45) is 3.60. The zero-order chi connectivity index (χ0) is 24.5. The summed E-state index contributed by atoms with van der Waals surface area (Å²) < 4.78 is 22.5. The van der Waals surface area contributed by atoms with E-state index in [-0.39, 0.29) is 20.4 Å². The molecule has 2 aromatic carbocycles. The summed E-state index contributed by atoms with van der Waals surface area (Å²) in [5, 5.41) is 24.9. The van der Waals surface area contributed by atoms with Gasteiger partial charge in [0.1, 0.15) is 0 Å². The third-order valence-electron chi connectivity index (χ3n) is 3.94. The number of hydrogen-bond acceptors (Lipinski definition) is 6. The van der Waals surface area contributed by atoms with Crippen molar-refractivity contribution in [1.82, 2.24) is 30.6 Å². The van der Waals surface area contributed by atoms with E-state index in [4.69, 9.17) is 19.2 Å². The number of hydrogen-bond donors (Lipinski definition) is 0. The van der Waals surface area contributed by atoms with Gasteiger partial charge in [0.15, 0.2) is 0 Å². The number of rotatable bonds is 1. The Balaban J connectivity index is 0.000000515. The maximum Gasteiger partial charge on any atom is 0.0964 e. The predicted octanol–water partition coefficient (Wildman–Crippen LogP) is 3.04. The van der Waals surface area contributed by atoms with Gasteiger partial charge in [-0.15, -0.1) is 0 Å². The summed E-state index contributed by atoms with van der Waals surface area (Å²) in [5.74, 6) is 0.476. The van der Waals surface area contributed by atoms with Crippen molar-refractivity contribution in [1.29, 1.82) is 5.26 Å². The zero-order valence-corrected chi connectivity index (χ0v) is 19.9. The standard InChI is InChI=1S/C12H8N2.C8H4N5.3CO.Re/c1-3-9-5-6-10-4-2-8-14-12(10)11(9)13-7-1;9-5-6-1-3-7(4-2-6)8-10-12-13-11-8;3*1-2;/h1-8H;1-4H;;;;/q;-1;;;;. The molecule has 0 spiro atoms. The molecule has 3 aromatic heterocycles. The number of aromatic nitrogens is 6. The van der Waals surface area contributed by atoms with E-state index in [9.17, 15) is 0 Å². The molecule has 0 aliphatic rings. The van der Waals surface area contributed by atoms with Crippen LogP contribution in [-0.2, 0) is 34.4 Å². The number of tetrazole rings is 1. The van der Waals surface area contributed by atoms with Crippen LogP contribution in [-0.4, -0.2) is 25.4 Å². The van der Waals surface area contributed by atoms with Crippen molar-refractivity contribution in [2.45, 2.75) is 0 Å². The van der Waals surface area contributed by atoms with Crippen LogP contribution in [0.15, 0.2) is 73.1 Å². The number of nitrogens with zero attached hydrogens (tertiary/aromatic N) is 7. The van der Waals surface area contributed by atoms with Crippen LogP contribution in [0.2, 0.25) is 0 Å². The quantitative estimate of drug-likeness (QED) is 0.158. The molecule has 165 valence electrons. The van der Waals surface area contributed by atoms with Crippen LogP contribution in [0.4, 0.5) is 0 Å². The summed E-state index contributed by atoms with van der Waals surface area (Å²) in [7, 11) is 0. The molecule has 0 amide bonds. The summed E-state index contributed by atoms with van der Waals surface area (Å²) in [5.41, 5.74) is 3.37. The number of benzene rings is 2. The molecule has 3 heterocycles. The van der Waals surface area contributed by atoms with Crippen molar-refractivity contribution in [2.75, 3.05) is 0 Å². The number of nitriles is 1. The van der Waals surface area contributed by atoms with Gasteiger partial charge in [-0.05, 0) is 29.8 Å². The molecule has 0 saturated carbocycles. The second-order valence-corrected chi connectivity index (χ2v) is 5.61. The fourth-order valence-corrected chi connectivity index (χ4v) is 2.63. The Morgan fingerprint density at radius 1 is 0.735 bits per heavy atom. The van der Waals surface area contributed by atoms with Crippen LogP contribution in [0.1, 0.15) is 5.56 Å². The molecule has 0 aliphatic heterocycles. The maximum absolute atomic E-state index is 8.55. The van der Waals surface area contributed by atoms with Crippen molar-refractivity contribution in [3.8, 4) is 17.5 Å². The van der Waals surface area contributed by atoms with E-state index >= 15 is 0 Å². The van der Waals surface area contributed by atoms with Crippen molar-refractivity contribution in [3.63, 3.8) is 0 Å². The normalized spacial score (nSPS) is 8.26. The Kier molecular flexibility index (Phi) is 15.1. The monoisotopic (exact) mass is 621 g/mol. The minimum atomic E-state index is 0. The molecule has 0 aliphatic carbocycles. The van der Waals surface area contributed by atoms with Gasteiger partial charge in [-0.3, -0.25) is 20.4 Å². The second kappa shape index (κ2) is 17.3. The van der Waals surface area contributed by atoms with Gasteiger partial charge in [-0.1, -0.05) is 36.4 Å². The van der Waals surface area contributed by atoms with Gasteiger partial charge >= 0.3 is 33.9 Å². The van der Waals surface area contributed by atoms with Crippen LogP contribution in [0, 0.1) is 31.3 Å². The first-order valence-electron chi connectivity index (χ1n) is 8.74. The van der Waals surface area contributed by atoms with Crippen LogP contribution >= 0.6 is 0 Å². The van der Waals surface area contributed by atoms with Gasteiger partial charge in [-0.25, -0.2) is 5.10 Å². The van der Waals surface area contributed by atoms with Crippen molar-refractivity contribution < 1.29 is 34.4 Å². The molecular weight excluding hydrogens is 609 g/mol. The van der Waals surface area contributed by atoms with Gasteiger partial charge in [-0.2, -0.15) is 5.26 Å². The Morgan fingerprint density at radius 3 is 1.65 bits per heavy atom. The molecule has 10 nitrogen and oxygen atoms in total. The number of fused-ring (bicyclic) bond motifs is 3. The third kappa shape index (κ3) is 8.00. The van der Waals surface area contributed by atoms with Crippen LogP contribution in [0.3, 0.4) is 0 Å². The average Bonchev–Trinajstić information content (AvgIpc) is 3.48. The smallest absolute Gasteiger partial charge is 0.0964 e. The van der Waals surface area contributed by atoms with Crippen LogP contribution in [0.25, 0.3) is 33.2 Å². The largest absolute Gasteiger partial charge is 0.254 e. The predicted molar refractivity (Wildman–Crippen MR) is 112 cm³/mol. The minimum Gasteiger partial charge on any atom is -0.254 e. The molecular formula is C23H12N7O3Re-. The fourth-order valence-electron chi connectivity index (χ4n) is 2.63. The van der Waals surface area contributed by atoms with Crippen LogP contribution in [0.5, 0.6) is 0 Å². The van der Waals surface area contributed by atoms with Gasteiger partial charge in [0, 0.05) is 43.6 Å². The average molecular weight is 621 g/mol. The molecule has 5 rings (SSSR count). The molecule has 5 aromatic rings. The fraction of sp³-hybridized carbons (Fsp3) is 0. The van der Waals surface area contributed by atoms with E-state index in [1.54, 1.807) is 36.7 Å². The van der Waals surface area contributed by atoms with Crippen LogP contribution < -0.4 is 5.21 Å². The molecule has 0 N–H and O–H groups in total. The first-order valence-corrected chi connectivity index (χ1v) is 8.74. The molecule has 0 saturated heterocycles. The van der Waals surface area contributed by atoms with E-state index < -0.39 is 0 Å². The van der Waals surface area contributed by atoms with Crippen molar-refractivity contribution in [2.24, 2.45) is 0 Å². The molecule has 0 unspecified atom stereocenters. The molecule has 34 heavy (non-hydrogen) atoms. The maximum atomic E-state index is 8.55. The molecule has 1 radical (unpaired) electrons.